The average Bonchev–Trinajstić information content (AvgIpc) is 3.27. The van der Waals surface area contributed by atoms with E-state index in [4.69, 9.17) is 18.5 Å². The Labute approximate surface area is 394 Å². The van der Waals surface area contributed by atoms with Crippen molar-refractivity contribution in [2.24, 2.45) is 5.92 Å². The summed E-state index contributed by atoms with van der Waals surface area (Å²) in [6.45, 7) is 5.65. The van der Waals surface area contributed by atoms with Crippen LogP contribution in [0.5, 0.6) is 0 Å². The van der Waals surface area contributed by atoms with Crippen LogP contribution in [0, 0.1) is 5.92 Å². The molecule has 15 nitrogen and oxygen atoms in total. The number of phosphoric ester groups is 1. The first-order chi connectivity index (χ1) is 31.2. The van der Waals surface area contributed by atoms with Gasteiger partial charge in [-0.2, -0.15) is 0 Å². The molecule has 1 amide bonds. The second-order valence-corrected chi connectivity index (χ2v) is 20.6. The Kier molecular flexibility index (Phi) is 38.3. The number of hydrogen-bond donors (Lipinski definition) is 9. The van der Waals surface area contributed by atoms with Gasteiger partial charge in [-0.25, -0.2) is 4.57 Å². The van der Waals surface area contributed by atoms with Gasteiger partial charge in [-0.15, -0.1) is 0 Å². The summed E-state index contributed by atoms with van der Waals surface area (Å²) in [5.74, 6) is -0.0185. The molecule has 388 valence electrons. The first-order valence-corrected chi connectivity index (χ1v) is 27.7. The van der Waals surface area contributed by atoms with Crippen molar-refractivity contribution in [1.82, 2.24) is 10.6 Å². The molecular weight excluding hydrogens is 856 g/mol. The standard InChI is InChI=1S/C49H99N2O13P/c1-5-6-7-8-9-10-11-12-13-14-15-16-17-18-19-20-25-28-31-34-42(53)48(58)51-40(44(54)41(52)33-30-27-24-22-21-23-26-29-32-39(2)3)37-61-49-47(57)46(56)45(55)43(64-49)38-63-65(59,60)62-36-35-50-4/h39-47,49-50,52-57H,5-38H2,1-4H3,(H,51,58)(H,59,60)/t40-,41+,42+,43+,44-,45+,46-,47+,49+/m0/s1. The highest BCUT2D eigenvalue weighted by Gasteiger charge is 2.46. The van der Waals surface area contributed by atoms with Gasteiger partial charge in [-0.3, -0.25) is 13.8 Å². The molecule has 0 saturated carbocycles. The van der Waals surface area contributed by atoms with Gasteiger partial charge in [0.1, 0.15) is 36.6 Å². The van der Waals surface area contributed by atoms with Gasteiger partial charge in [0.25, 0.3) is 0 Å². The van der Waals surface area contributed by atoms with Crippen molar-refractivity contribution >= 4 is 13.7 Å². The maximum absolute atomic E-state index is 13.3. The number of aliphatic hydroxyl groups excluding tert-OH is 6. The Morgan fingerprint density at radius 2 is 1.08 bits per heavy atom. The summed E-state index contributed by atoms with van der Waals surface area (Å²) in [5.41, 5.74) is 0. The van der Waals surface area contributed by atoms with E-state index in [0.717, 1.165) is 50.9 Å². The number of ether oxygens (including phenoxy) is 2. The molecule has 1 heterocycles. The molecular formula is C49H99N2O13P. The van der Waals surface area contributed by atoms with Gasteiger partial charge in [0, 0.05) is 6.54 Å². The van der Waals surface area contributed by atoms with E-state index in [1.165, 1.54) is 122 Å². The maximum Gasteiger partial charge on any atom is 0.472 e. The predicted molar refractivity (Wildman–Crippen MR) is 257 cm³/mol. The second-order valence-electron chi connectivity index (χ2n) is 19.2. The minimum Gasteiger partial charge on any atom is -0.390 e. The third kappa shape index (κ3) is 31.9. The molecule has 1 unspecified atom stereocenters. The van der Waals surface area contributed by atoms with Crippen molar-refractivity contribution in [3.8, 4) is 0 Å². The number of likely N-dealkylation sites (N-methyl/N-ethyl adjacent to an activating group) is 1. The summed E-state index contributed by atoms with van der Waals surface area (Å²) in [6.07, 6.45) is 21.3. The SMILES string of the molecule is CCCCCCCCCCCCCCCCCCCCC[C@@H](O)C(=O)N[C@@H](CO[C@@H]1O[C@H](COP(=O)(O)OCCNC)[C@@H](O)[C@H](O)[C@H]1O)[C@H](O)[C@H](O)CCCCCCCCCCC(C)C. The smallest absolute Gasteiger partial charge is 0.390 e. The summed E-state index contributed by atoms with van der Waals surface area (Å²) in [7, 11) is -2.92. The fourth-order valence-electron chi connectivity index (χ4n) is 8.32. The number of phosphoric acid groups is 1. The molecule has 0 aromatic carbocycles. The van der Waals surface area contributed by atoms with Crippen LogP contribution in [0.3, 0.4) is 0 Å². The zero-order chi connectivity index (χ0) is 48.1. The van der Waals surface area contributed by atoms with E-state index in [1.807, 2.05) is 0 Å². The van der Waals surface area contributed by atoms with Crippen LogP contribution >= 0.6 is 7.82 Å². The van der Waals surface area contributed by atoms with Crippen molar-refractivity contribution in [3.63, 3.8) is 0 Å². The van der Waals surface area contributed by atoms with Crippen LogP contribution in [-0.2, 0) is 27.9 Å². The third-order valence-electron chi connectivity index (χ3n) is 12.7. The fraction of sp³-hybridized carbons (Fsp3) is 0.980. The normalized spacial score (nSPS) is 21.9. The molecule has 1 saturated heterocycles. The molecule has 16 heteroatoms. The van der Waals surface area contributed by atoms with Crippen LogP contribution in [0.25, 0.3) is 0 Å². The van der Waals surface area contributed by atoms with E-state index in [0.29, 0.717) is 12.8 Å². The van der Waals surface area contributed by atoms with Gasteiger partial charge in [-0.05, 0) is 25.8 Å². The second kappa shape index (κ2) is 40.0. The Hall–Kier alpha value is -0.780. The topological polar surface area (TPSA) is 237 Å². The summed E-state index contributed by atoms with van der Waals surface area (Å²) in [6, 6.07) is -1.25. The Morgan fingerprint density at radius 3 is 1.54 bits per heavy atom. The van der Waals surface area contributed by atoms with E-state index in [2.05, 4.69) is 31.4 Å². The van der Waals surface area contributed by atoms with Crippen molar-refractivity contribution in [1.29, 1.82) is 0 Å². The first kappa shape index (κ1) is 62.2. The highest BCUT2D eigenvalue weighted by atomic mass is 31.2. The Morgan fingerprint density at radius 1 is 0.631 bits per heavy atom. The first-order valence-electron chi connectivity index (χ1n) is 26.2. The van der Waals surface area contributed by atoms with Crippen LogP contribution < -0.4 is 10.6 Å². The molecule has 1 rings (SSSR count). The molecule has 0 bridgehead atoms. The van der Waals surface area contributed by atoms with E-state index in [-0.39, 0.29) is 26.0 Å². The van der Waals surface area contributed by atoms with Gasteiger partial charge in [-0.1, -0.05) is 201 Å². The number of rotatable bonds is 45. The largest absolute Gasteiger partial charge is 0.472 e. The Balaban J connectivity index is 2.60. The molecule has 10 atom stereocenters. The highest BCUT2D eigenvalue weighted by Crippen LogP contribution is 2.43. The molecule has 0 aromatic rings. The molecule has 0 aliphatic carbocycles. The summed E-state index contributed by atoms with van der Waals surface area (Å²) >= 11 is 0. The highest BCUT2D eigenvalue weighted by molar-refractivity contribution is 7.47. The number of hydrogen-bond acceptors (Lipinski definition) is 13. The quantitative estimate of drug-likeness (QED) is 0.0207. The third-order valence-corrected chi connectivity index (χ3v) is 13.7. The van der Waals surface area contributed by atoms with Gasteiger partial charge in [0.15, 0.2) is 6.29 Å². The van der Waals surface area contributed by atoms with Crippen LogP contribution in [0.1, 0.15) is 213 Å². The van der Waals surface area contributed by atoms with Crippen LogP contribution in [0.4, 0.5) is 0 Å². The van der Waals surface area contributed by atoms with Gasteiger partial charge in [0.2, 0.25) is 5.91 Å². The Bertz CT molecular complexity index is 1160. The summed E-state index contributed by atoms with van der Waals surface area (Å²) in [4.78, 5) is 23.2. The average molecular weight is 955 g/mol. The number of unbranched alkanes of at least 4 members (excludes halogenated alkanes) is 25. The van der Waals surface area contributed by atoms with Gasteiger partial charge >= 0.3 is 7.82 Å². The monoisotopic (exact) mass is 955 g/mol. The minimum absolute atomic E-state index is 0.139. The van der Waals surface area contributed by atoms with Crippen molar-refractivity contribution in [2.45, 2.75) is 268 Å². The molecule has 0 spiro atoms. The van der Waals surface area contributed by atoms with E-state index >= 15 is 0 Å². The fourth-order valence-corrected chi connectivity index (χ4v) is 9.05. The molecule has 1 aliphatic rings. The molecule has 1 aliphatic heterocycles. The number of carbonyl (C=O) groups is 1. The zero-order valence-corrected chi connectivity index (χ0v) is 42.2. The lowest BCUT2D eigenvalue weighted by Gasteiger charge is -2.41. The van der Waals surface area contributed by atoms with Gasteiger partial charge in [0.05, 0.1) is 32.0 Å². The number of carbonyl (C=O) groups excluding carboxylic acids is 1. The molecule has 9 N–H and O–H groups in total. The van der Waals surface area contributed by atoms with E-state index < -0.39 is 82.0 Å². The van der Waals surface area contributed by atoms with Crippen molar-refractivity contribution in [3.05, 3.63) is 0 Å². The lowest BCUT2D eigenvalue weighted by atomic mass is 9.98. The number of aliphatic hydroxyl groups is 6. The van der Waals surface area contributed by atoms with E-state index in [1.54, 1.807) is 7.05 Å². The summed E-state index contributed by atoms with van der Waals surface area (Å²) < 4.78 is 33.5. The summed E-state index contributed by atoms with van der Waals surface area (Å²) in [5, 5.41) is 70.3. The molecule has 0 aromatic heterocycles. The number of nitrogens with one attached hydrogen (secondary N) is 2. The minimum atomic E-state index is -4.55. The maximum atomic E-state index is 13.3. The molecule has 1 fully saturated rings. The van der Waals surface area contributed by atoms with Crippen LogP contribution in [0.2, 0.25) is 0 Å². The van der Waals surface area contributed by atoms with Gasteiger partial charge < -0.3 is 55.6 Å². The molecule has 0 radical (unpaired) electrons. The van der Waals surface area contributed by atoms with Crippen LogP contribution in [0.15, 0.2) is 0 Å². The zero-order valence-electron chi connectivity index (χ0n) is 41.3. The predicted octanol–water partition coefficient (Wildman–Crippen LogP) is 8.11. The lowest BCUT2D eigenvalue weighted by molar-refractivity contribution is -0.302. The van der Waals surface area contributed by atoms with Crippen molar-refractivity contribution in [2.75, 3.05) is 33.4 Å². The number of amides is 1. The lowest BCUT2D eigenvalue weighted by Crippen LogP contribution is -2.60. The molecule has 65 heavy (non-hydrogen) atoms. The van der Waals surface area contributed by atoms with Crippen molar-refractivity contribution < 1.29 is 63.4 Å². The van der Waals surface area contributed by atoms with E-state index in [9.17, 15) is 44.9 Å². The van der Waals surface area contributed by atoms with Crippen LogP contribution in [-0.4, -0.2) is 130 Å².